The number of anilines is 1. The monoisotopic (exact) mass is 468 g/mol. The molecule has 6 rings (SSSR count). The number of hydrogen-bond acceptors (Lipinski definition) is 7. The molecule has 1 saturated heterocycles. The molecule has 180 valence electrons. The zero-order valence-corrected chi connectivity index (χ0v) is 20.3. The van der Waals surface area contributed by atoms with Gasteiger partial charge in [0.05, 0.1) is 17.4 Å². The van der Waals surface area contributed by atoms with Crippen molar-refractivity contribution >= 4 is 11.6 Å². The van der Waals surface area contributed by atoms with Crippen LogP contribution in [-0.4, -0.2) is 67.4 Å². The van der Waals surface area contributed by atoms with Gasteiger partial charge in [0.2, 0.25) is 5.95 Å². The maximum Gasteiger partial charge on any atom is 0.211 e. The standard InChI is InChI=1S/C27H32N8/c1-32(24-8-2-6-22-7-4-11-29-26(22)24)19-23-20-35-25(31-23)9-12-30-27(35)34-15-13-33(14-16-34)18-21-5-3-10-28-17-21/h3-5,7,9-12,17,20,24H,2,6,8,13-16,18-19H2,1H3/t24-/m0/s1. The first kappa shape index (κ1) is 22.1. The first-order chi connectivity index (χ1) is 17.2. The molecule has 0 unspecified atom stereocenters. The molecule has 0 aromatic carbocycles. The fourth-order valence-corrected chi connectivity index (χ4v) is 5.50. The largest absolute Gasteiger partial charge is 0.339 e. The summed E-state index contributed by atoms with van der Waals surface area (Å²) in [7, 11) is 2.19. The summed E-state index contributed by atoms with van der Waals surface area (Å²) in [5.41, 5.74) is 5.91. The Hall–Kier alpha value is -3.36. The normalized spacial score (nSPS) is 18.8. The second-order valence-electron chi connectivity index (χ2n) is 9.70. The lowest BCUT2D eigenvalue weighted by Crippen LogP contribution is -2.46. The van der Waals surface area contributed by atoms with E-state index in [1.54, 1.807) is 0 Å². The van der Waals surface area contributed by atoms with Crippen molar-refractivity contribution in [2.24, 2.45) is 0 Å². The van der Waals surface area contributed by atoms with Crippen LogP contribution in [0.2, 0.25) is 0 Å². The van der Waals surface area contributed by atoms with E-state index in [0.717, 1.165) is 69.4 Å². The smallest absolute Gasteiger partial charge is 0.211 e. The molecule has 5 heterocycles. The quantitative estimate of drug-likeness (QED) is 0.430. The Morgan fingerprint density at radius 1 is 1.00 bits per heavy atom. The summed E-state index contributed by atoms with van der Waals surface area (Å²) in [4.78, 5) is 25.9. The molecule has 0 amide bonds. The van der Waals surface area contributed by atoms with Gasteiger partial charge < -0.3 is 4.90 Å². The molecule has 35 heavy (non-hydrogen) atoms. The second kappa shape index (κ2) is 9.71. The summed E-state index contributed by atoms with van der Waals surface area (Å²) in [6, 6.07) is 10.8. The maximum atomic E-state index is 4.95. The topological polar surface area (TPSA) is 65.7 Å². The minimum atomic E-state index is 0.343. The number of piperazine rings is 1. The molecule has 8 heteroatoms. The summed E-state index contributed by atoms with van der Waals surface area (Å²) >= 11 is 0. The van der Waals surface area contributed by atoms with Crippen LogP contribution in [0, 0.1) is 0 Å². The van der Waals surface area contributed by atoms with Crippen molar-refractivity contribution < 1.29 is 0 Å². The second-order valence-corrected chi connectivity index (χ2v) is 9.70. The number of fused-ring (bicyclic) bond motifs is 2. The molecule has 1 aliphatic heterocycles. The molecule has 8 nitrogen and oxygen atoms in total. The fourth-order valence-electron chi connectivity index (χ4n) is 5.50. The molecule has 0 N–H and O–H groups in total. The van der Waals surface area contributed by atoms with Gasteiger partial charge in [0.15, 0.2) is 0 Å². The van der Waals surface area contributed by atoms with Crippen LogP contribution < -0.4 is 4.90 Å². The molecule has 0 saturated carbocycles. The summed E-state index contributed by atoms with van der Waals surface area (Å²) in [6.07, 6.45) is 13.2. The van der Waals surface area contributed by atoms with Gasteiger partial charge in [0.25, 0.3) is 0 Å². The van der Waals surface area contributed by atoms with E-state index in [-0.39, 0.29) is 0 Å². The van der Waals surface area contributed by atoms with E-state index < -0.39 is 0 Å². The number of pyridine rings is 2. The van der Waals surface area contributed by atoms with Crippen LogP contribution in [0.5, 0.6) is 0 Å². The van der Waals surface area contributed by atoms with Gasteiger partial charge in [0, 0.05) is 70.3 Å². The van der Waals surface area contributed by atoms with E-state index in [4.69, 9.17) is 15.0 Å². The minimum absolute atomic E-state index is 0.343. The molecule has 4 aromatic heterocycles. The predicted molar refractivity (Wildman–Crippen MR) is 136 cm³/mol. The van der Waals surface area contributed by atoms with Crippen molar-refractivity contribution in [3.63, 3.8) is 0 Å². The average molecular weight is 469 g/mol. The van der Waals surface area contributed by atoms with Crippen LogP contribution >= 0.6 is 0 Å². The molecule has 0 spiro atoms. The van der Waals surface area contributed by atoms with Gasteiger partial charge in [-0.25, -0.2) is 9.97 Å². The van der Waals surface area contributed by atoms with Crippen molar-refractivity contribution in [3.8, 4) is 0 Å². The first-order valence-corrected chi connectivity index (χ1v) is 12.6. The summed E-state index contributed by atoms with van der Waals surface area (Å²) < 4.78 is 2.16. The van der Waals surface area contributed by atoms with E-state index >= 15 is 0 Å². The molecule has 1 fully saturated rings. The lowest BCUT2D eigenvalue weighted by Gasteiger charge is -2.35. The molecule has 2 aliphatic rings. The molecular weight excluding hydrogens is 436 g/mol. The highest BCUT2D eigenvalue weighted by atomic mass is 15.3. The molecule has 4 aromatic rings. The van der Waals surface area contributed by atoms with E-state index in [1.165, 1.54) is 23.2 Å². The van der Waals surface area contributed by atoms with Crippen LogP contribution in [0.15, 0.2) is 61.3 Å². The number of imidazole rings is 1. The summed E-state index contributed by atoms with van der Waals surface area (Å²) in [5.74, 6) is 0.981. The van der Waals surface area contributed by atoms with Gasteiger partial charge in [0.1, 0.15) is 5.65 Å². The molecule has 1 aliphatic carbocycles. The van der Waals surface area contributed by atoms with E-state index in [9.17, 15) is 0 Å². The van der Waals surface area contributed by atoms with Crippen molar-refractivity contribution in [2.45, 2.75) is 38.4 Å². The predicted octanol–water partition coefficient (Wildman–Crippen LogP) is 3.35. The number of aryl methyl sites for hydroxylation is 1. The Balaban J connectivity index is 1.15. The Bertz CT molecular complexity index is 1280. The lowest BCUT2D eigenvalue weighted by atomic mass is 9.91. The minimum Gasteiger partial charge on any atom is -0.339 e. The summed E-state index contributed by atoms with van der Waals surface area (Å²) in [5, 5.41) is 0. The molecule has 1 atom stereocenters. The Morgan fingerprint density at radius 3 is 2.74 bits per heavy atom. The zero-order chi connectivity index (χ0) is 23.6. The van der Waals surface area contributed by atoms with Gasteiger partial charge in [-0.05, 0) is 55.6 Å². The van der Waals surface area contributed by atoms with Gasteiger partial charge in [-0.3, -0.25) is 24.2 Å². The summed E-state index contributed by atoms with van der Waals surface area (Å²) in [6.45, 7) is 5.64. The van der Waals surface area contributed by atoms with Gasteiger partial charge in [-0.15, -0.1) is 0 Å². The highest BCUT2D eigenvalue weighted by Crippen LogP contribution is 2.32. The van der Waals surface area contributed by atoms with Crippen LogP contribution in [0.1, 0.15) is 41.4 Å². The van der Waals surface area contributed by atoms with Crippen LogP contribution in [0.3, 0.4) is 0 Å². The van der Waals surface area contributed by atoms with Crippen molar-refractivity contribution in [3.05, 3.63) is 83.8 Å². The SMILES string of the molecule is CN(Cc1cn2c(N3CCN(Cc4cccnc4)CC3)nccc2n1)[C@H]1CCCc2cccnc21. The lowest BCUT2D eigenvalue weighted by molar-refractivity contribution is 0.206. The Kier molecular flexibility index (Phi) is 6.14. The highest BCUT2D eigenvalue weighted by Gasteiger charge is 2.26. The van der Waals surface area contributed by atoms with E-state index in [2.05, 4.69) is 55.5 Å². The first-order valence-electron chi connectivity index (χ1n) is 12.6. The van der Waals surface area contributed by atoms with Crippen LogP contribution in [0.4, 0.5) is 5.95 Å². The van der Waals surface area contributed by atoms with Gasteiger partial charge in [-0.1, -0.05) is 12.1 Å². The third-order valence-corrected chi connectivity index (χ3v) is 7.31. The van der Waals surface area contributed by atoms with Crippen molar-refractivity contribution in [2.75, 3.05) is 38.1 Å². The van der Waals surface area contributed by atoms with Crippen LogP contribution in [0.25, 0.3) is 5.65 Å². The number of aromatic nitrogens is 5. The Labute approximate surface area is 206 Å². The average Bonchev–Trinajstić information content (AvgIpc) is 3.32. The zero-order valence-electron chi connectivity index (χ0n) is 20.3. The Morgan fingerprint density at radius 2 is 1.89 bits per heavy atom. The third-order valence-electron chi connectivity index (χ3n) is 7.31. The third kappa shape index (κ3) is 4.63. The fraction of sp³-hybridized carbons (Fsp3) is 0.407. The van der Waals surface area contributed by atoms with E-state index in [0.29, 0.717) is 6.04 Å². The molecule has 0 radical (unpaired) electrons. The molecular formula is C27H32N8. The highest BCUT2D eigenvalue weighted by molar-refractivity contribution is 5.48. The molecule has 0 bridgehead atoms. The maximum absolute atomic E-state index is 4.95. The van der Waals surface area contributed by atoms with Gasteiger partial charge >= 0.3 is 0 Å². The van der Waals surface area contributed by atoms with Crippen LogP contribution in [-0.2, 0) is 19.5 Å². The number of nitrogens with zero attached hydrogens (tertiary/aromatic N) is 8. The van der Waals surface area contributed by atoms with Crippen molar-refractivity contribution in [1.29, 1.82) is 0 Å². The number of rotatable bonds is 6. The van der Waals surface area contributed by atoms with Gasteiger partial charge in [-0.2, -0.15) is 0 Å². The van der Waals surface area contributed by atoms with E-state index in [1.807, 2.05) is 36.9 Å². The van der Waals surface area contributed by atoms with Crippen molar-refractivity contribution in [1.82, 2.24) is 34.1 Å². The number of hydrogen-bond donors (Lipinski definition) is 0.